The predicted molar refractivity (Wildman–Crippen MR) is 218 cm³/mol. The predicted octanol–water partition coefficient (Wildman–Crippen LogP) is 5.85. The SMILES string of the molecule is O=C(c1ccccc1)N1C2C3N(C(=O)c4ccccc4)C1C1N(C(=O)c4ccccc4)C(C(N1C(=O)c1ccccc1)N3C(=O)c1ccccc1)N2C(=O)c1ccccc1. The molecule has 60 heavy (non-hydrogen) atoms. The van der Waals surface area contributed by atoms with Crippen molar-refractivity contribution in [3.63, 3.8) is 0 Å². The second-order valence-electron chi connectivity index (χ2n) is 15.0. The summed E-state index contributed by atoms with van der Waals surface area (Å²) in [7, 11) is 0. The summed E-state index contributed by atoms with van der Waals surface area (Å²) in [6.45, 7) is 0. The lowest BCUT2D eigenvalue weighted by atomic mass is 10.0. The summed E-state index contributed by atoms with van der Waals surface area (Å²) in [4.78, 5) is 101. The highest BCUT2D eigenvalue weighted by atomic mass is 16.2. The summed E-state index contributed by atoms with van der Waals surface area (Å²) in [6.07, 6.45) is -8.14. The standard InChI is InChI=1S/C48H36N6O6/c55-43(31-19-7-1-8-20-31)49-37-38-50(44(56)32-21-9-2-10-22-32)41(49)42-51(45(57)33-23-11-3-12-24-33)39(53(37)47(59)35-27-15-5-16-28-35)40(52(42)46(58)34-25-13-4-14-26-34)54(38)48(60)36-29-17-6-18-30-36/h1-30,37-42H. The Hall–Kier alpha value is -7.86. The van der Waals surface area contributed by atoms with Crippen LogP contribution in [0.1, 0.15) is 62.1 Å². The normalized spacial score (nSPS) is 22.2. The van der Waals surface area contributed by atoms with Crippen LogP contribution in [-0.4, -0.2) is 102 Å². The Bertz CT molecular complexity index is 2320. The summed E-state index contributed by atoms with van der Waals surface area (Å²) in [5, 5.41) is 0. The molecule has 5 heterocycles. The molecule has 0 N–H and O–H groups in total. The quantitative estimate of drug-likeness (QED) is 0.209. The van der Waals surface area contributed by atoms with Crippen LogP contribution in [0.5, 0.6) is 0 Å². The minimum atomic E-state index is -1.41. The second kappa shape index (κ2) is 14.5. The van der Waals surface area contributed by atoms with Crippen LogP contribution in [0, 0.1) is 0 Å². The van der Waals surface area contributed by atoms with E-state index in [-0.39, 0.29) is 33.4 Å². The van der Waals surface area contributed by atoms with Crippen molar-refractivity contribution in [3.05, 3.63) is 215 Å². The topological polar surface area (TPSA) is 122 Å². The molecule has 0 radical (unpaired) electrons. The third-order valence-electron chi connectivity index (χ3n) is 11.8. The molecular weight excluding hydrogens is 757 g/mol. The van der Waals surface area contributed by atoms with Gasteiger partial charge in [-0.2, -0.15) is 0 Å². The number of hydrogen-bond acceptors (Lipinski definition) is 6. The summed E-state index contributed by atoms with van der Waals surface area (Å²) >= 11 is 0. The van der Waals surface area contributed by atoms with Gasteiger partial charge in [-0.1, -0.05) is 109 Å². The lowest BCUT2D eigenvalue weighted by molar-refractivity contribution is -0.102. The van der Waals surface area contributed by atoms with Crippen molar-refractivity contribution in [3.8, 4) is 0 Å². The van der Waals surface area contributed by atoms with Gasteiger partial charge in [0.05, 0.1) is 0 Å². The van der Waals surface area contributed by atoms with Crippen molar-refractivity contribution in [2.75, 3.05) is 0 Å². The molecule has 12 nitrogen and oxygen atoms in total. The Balaban J connectivity index is 1.32. The number of nitrogens with zero attached hydrogens (tertiary/aromatic N) is 6. The van der Waals surface area contributed by atoms with E-state index in [9.17, 15) is 0 Å². The first kappa shape index (κ1) is 36.5. The third-order valence-corrected chi connectivity index (χ3v) is 11.8. The van der Waals surface area contributed by atoms with Crippen molar-refractivity contribution in [1.82, 2.24) is 29.4 Å². The highest BCUT2D eigenvalue weighted by molar-refractivity contribution is 6.05. The maximum Gasteiger partial charge on any atom is 0.257 e. The van der Waals surface area contributed by atoms with Crippen molar-refractivity contribution < 1.29 is 28.8 Å². The van der Waals surface area contributed by atoms with Gasteiger partial charge in [-0.25, -0.2) is 0 Å². The van der Waals surface area contributed by atoms with Crippen LogP contribution in [0.2, 0.25) is 0 Å². The zero-order valence-corrected chi connectivity index (χ0v) is 31.9. The molecule has 6 aromatic carbocycles. The Morgan fingerprint density at radius 3 is 0.450 bits per heavy atom. The number of benzene rings is 6. The highest BCUT2D eigenvalue weighted by Crippen LogP contribution is 2.54. The number of carbonyl (C=O) groups excluding carboxylic acids is 6. The molecule has 11 rings (SSSR count). The first-order valence-electron chi connectivity index (χ1n) is 19.6. The summed E-state index contributed by atoms with van der Waals surface area (Å²) in [5.41, 5.74) is 1.45. The first-order valence-corrected chi connectivity index (χ1v) is 19.6. The fourth-order valence-corrected chi connectivity index (χ4v) is 9.29. The largest absolute Gasteiger partial charge is 0.289 e. The molecule has 0 saturated carbocycles. The Labute approximate surface area is 345 Å². The van der Waals surface area contributed by atoms with Crippen molar-refractivity contribution in [1.29, 1.82) is 0 Å². The van der Waals surface area contributed by atoms with E-state index < -0.39 is 72.4 Å². The van der Waals surface area contributed by atoms with Gasteiger partial charge < -0.3 is 0 Å². The van der Waals surface area contributed by atoms with E-state index >= 15 is 28.8 Å². The fourth-order valence-electron chi connectivity index (χ4n) is 9.29. The van der Waals surface area contributed by atoms with E-state index in [0.29, 0.717) is 0 Å². The molecule has 0 atom stereocenters. The molecule has 6 aromatic rings. The molecule has 0 unspecified atom stereocenters. The molecule has 0 aromatic heterocycles. The van der Waals surface area contributed by atoms with Crippen LogP contribution in [0.25, 0.3) is 0 Å². The summed E-state index contributed by atoms with van der Waals surface area (Å²) < 4.78 is 0. The van der Waals surface area contributed by atoms with Gasteiger partial charge in [0.25, 0.3) is 35.4 Å². The zero-order chi connectivity index (χ0) is 41.1. The van der Waals surface area contributed by atoms with Gasteiger partial charge in [0, 0.05) is 33.4 Å². The minimum absolute atomic E-state index is 0.241. The van der Waals surface area contributed by atoms with Gasteiger partial charge in [-0.3, -0.25) is 58.2 Å². The van der Waals surface area contributed by atoms with Gasteiger partial charge in [0.15, 0.2) is 37.0 Å². The lowest BCUT2D eigenvalue weighted by Gasteiger charge is -2.54. The lowest BCUT2D eigenvalue weighted by Crippen LogP contribution is -2.77. The Kier molecular flexibility index (Phi) is 8.82. The van der Waals surface area contributed by atoms with Gasteiger partial charge in [-0.15, -0.1) is 0 Å². The molecule has 5 aliphatic rings. The van der Waals surface area contributed by atoms with Crippen molar-refractivity contribution >= 4 is 35.4 Å². The van der Waals surface area contributed by atoms with Gasteiger partial charge in [0.2, 0.25) is 0 Å². The average Bonchev–Trinajstić information content (AvgIpc) is 3.78. The van der Waals surface area contributed by atoms with E-state index in [1.54, 1.807) is 182 Å². The highest BCUT2D eigenvalue weighted by Gasteiger charge is 2.77. The van der Waals surface area contributed by atoms with E-state index in [1.165, 1.54) is 29.4 Å². The molecule has 6 bridgehead atoms. The van der Waals surface area contributed by atoms with Crippen LogP contribution >= 0.6 is 0 Å². The molecule has 6 amide bonds. The third kappa shape index (κ3) is 5.52. The summed E-state index contributed by atoms with van der Waals surface area (Å²) in [6, 6.07) is 50.7. The second-order valence-corrected chi connectivity index (χ2v) is 15.0. The smallest absolute Gasteiger partial charge is 0.257 e. The van der Waals surface area contributed by atoms with Gasteiger partial charge >= 0.3 is 0 Å². The molecule has 5 fully saturated rings. The van der Waals surface area contributed by atoms with Crippen molar-refractivity contribution in [2.45, 2.75) is 37.0 Å². The molecular formula is C48H36N6O6. The van der Waals surface area contributed by atoms with Gasteiger partial charge in [-0.05, 0) is 72.8 Å². The number of piperazine rings is 1. The van der Waals surface area contributed by atoms with E-state index in [1.807, 2.05) is 0 Å². The van der Waals surface area contributed by atoms with Crippen LogP contribution in [-0.2, 0) is 0 Å². The fraction of sp³-hybridized carbons (Fsp3) is 0.125. The molecule has 5 aliphatic heterocycles. The molecule has 0 aliphatic carbocycles. The van der Waals surface area contributed by atoms with Crippen LogP contribution in [0.4, 0.5) is 0 Å². The maximum atomic E-state index is 15.5. The average molecular weight is 793 g/mol. The van der Waals surface area contributed by atoms with Crippen LogP contribution in [0.3, 0.4) is 0 Å². The number of amides is 6. The van der Waals surface area contributed by atoms with E-state index in [2.05, 4.69) is 0 Å². The zero-order valence-electron chi connectivity index (χ0n) is 31.9. The minimum Gasteiger partial charge on any atom is -0.289 e. The first-order chi connectivity index (χ1) is 29.4. The van der Waals surface area contributed by atoms with E-state index in [4.69, 9.17) is 0 Å². The molecule has 12 heteroatoms. The van der Waals surface area contributed by atoms with Crippen molar-refractivity contribution in [2.24, 2.45) is 0 Å². The van der Waals surface area contributed by atoms with Gasteiger partial charge in [0.1, 0.15) is 0 Å². The summed E-state index contributed by atoms with van der Waals surface area (Å²) in [5.74, 6) is -3.40. The molecule has 5 saturated heterocycles. The Morgan fingerprint density at radius 2 is 0.333 bits per heavy atom. The number of hydrogen-bond donors (Lipinski definition) is 0. The van der Waals surface area contributed by atoms with Crippen LogP contribution < -0.4 is 0 Å². The molecule has 0 spiro atoms. The monoisotopic (exact) mass is 792 g/mol. The number of rotatable bonds is 6. The molecule has 294 valence electrons. The maximum absolute atomic E-state index is 15.5. The Morgan fingerprint density at radius 1 is 0.217 bits per heavy atom. The number of carbonyl (C=O) groups is 6. The van der Waals surface area contributed by atoms with E-state index in [0.717, 1.165) is 0 Å². The van der Waals surface area contributed by atoms with Crippen LogP contribution in [0.15, 0.2) is 182 Å².